The van der Waals surface area contributed by atoms with Crippen molar-refractivity contribution in [2.24, 2.45) is 0 Å². The third-order valence-electron chi connectivity index (χ3n) is 5.85. The first-order valence-corrected chi connectivity index (χ1v) is 16.4. The number of terminal acetylenes is 1. The zero-order valence-corrected chi connectivity index (χ0v) is 30.9. The Morgan fingerprint density at radius 3 is 1.00 bits per heavy atom. The molecular formula is C35H63N3O8. The van der Waals surface area contributed by atoms with Crippen molar-refractivity contribution in [1.29, 1.82) is 0 Å². The summed E-state index contributed by atoms with van der Waals surface area (Å²) in [6.45, 7) is 23.8. The Morgan fingerprint density at radius 2 is 0.739 bits per heavy atom. The van der Waals surface area contributed by atoms with E-state index in [2.05, 4.69) is 10.8 Å². The molecule has 0 fully saturated rings. The Labute approximate surface area is 279 Å². The third-order valence-corrected chi connectivity index (χ3v) is 5.85. The van der Waals surface area contributed by atoms with Gasteiger partial charge in [0.1, 0.15) is 22.4 Å². The quantitative estimate of drug-likeness (QED) is 0.0852. The Morgan fingerprint density at radius 1 is 0.457 bits per heavy atom. The second-order valence-electron chi connectivity index (χ2n) is 15.6. The fourth-order valence-electron chi connectivity index (χ4n) is 4.29. The fourth-order valence-corrected chi connectivity index (χ4v) is 4.29. The summed E-state index contributed by atoms with van der Waals surface area (Å²) in [5, 5.41) is 0. The molecule has 266 valence electrons. The summed E-state index contributed by atoms with van der Waals surface area (Å²) in [6.07, 6.45) is 8.87. The number of carbonyl (C=O) groups is 4. The number of ether oxygens (including phenoxy) is 4. The lowest BCUT2D eigenvalue weighted by atomic mass is 10.2. The lowest BCUT2D eigenvalue weighted by Gasteiger charge is -2.31. The van der Waals surface area contributed by atoms with Gasteiger partial charge in [-0.2, -0.15) is 0 Å². The normalized spacial score (nSPS) is 12.7. The zero-order valence-electron chi connectivity index (χ0n) is 30.9. The highest BCUT2D eigenvalue weighted by Crippen LogP contribution is 2.12. The van der Waals surface area contributed by atoms with Crippen LogP contribution in [0.15, 0.2) is 0 Å². The monoisotopic (exact) mass is 653 g/mol. The molecule has 0 aromatic heterocycles. The van der Waals surface area contributed by atoms with Gasteiger partial charge < -0.3 is 23.8 Å². The summed E-state index contributed by atoms with van der Waals surface area (Å²) in [6, 6.07) is 0. The summed E-state index contributed by atoms with van der Waals surface area (Å²) >= 11 is 0. The molecule has 0 heterocycles. The highest BCUT2D eigenvalue weighted by Gasteiger charge is 2.26. The van der Waals surface area contributed by atoms with Crippen LogP contribution in [0.2, 0.25) is 0 Å². The van der Waals surface area contributed by atoms with Crippen molar-refractivity contribution in [3.8, 4) is 12.3 Å². The minimum Gasteiger partial charge on any atom is -0.459 e. The van der Waals surface area contributed by atoms with Crippen LogP contribution in [-0.4, -0.2) is 120 Å². The van der Waals surface area contributed by atoms with Crippen LogP contribution in [-0.2, 0) is 38.1 Å². The highest BCUT2D eigenvalue weighted by molar-refractivity contribution is 5.76. The average molecular weight is 654 g/mol. The van der Waals surface area contributed by atoms with E-state index in [1.165, 1.54) is 0 Å². The van der Waals surface area contributed by atoms with Crippen LogP contribution < -0.4 is 0 Å². The van der Waals surface area contributed by atoms with E-state index in [9.17, 15) is 19.2 Å². The first-order chi connectivity index (χ1) is 20.9. The van der Waals surface area contributed by atoms with Crippen molar-refractivity contribution in [3.63, 3.8) is 0 Å². The Hall–Kier alpha value is -2.68. The Kier molecular flexibility index (Phi) is 18.7. The maximum Gasteiger partial charge on any atom is 0.320 e. The molecule has 46 heavy (non-hydrogen) atoms. The smallest absolute Gasteiger partial charge is 0.320 e. The maximum atomic E-state index is 12.7. The summed E-state index contributed by atoms with van der Waals surface area (Å²) in [5.41, 5.74) is -2.65. The molecular weight excluding hydrogens is 590 g/mol. The molecule has 0 aromatic carbocycles. The first kappa shape index (κ1) is 43.3. The molecule has 0 aliphatic carbocycles. The van der Waals surface area contributed by atoms with Crippen LogP contribution in [0.25, 0.3) is 0 Å². The number of rotatable bonds is 19. The van der Waals surface area contributed by atoms with Crippen molar-refractivity contribution in [1.82, 2.24) is 14.7 Å². The van der Waals surface area contributed by atoms with Crippen LogP contribution in [0.1, 0.15) is 109 Å². The van der Waals surface area contributed by atoms with Gasteiger partial charge in [0.2, 0.25) is 0 Å². The van der Waals surface area contributed by atoms with E-state index in [0.29, 0.717) is 32.6 Å². The molecule has 0 amide bonds. The summed E-state index contributed by atoms with van der Waals surface area (Å²) in [5.74, 6) is 0.940. The molecule has 0 saturated carbocycles. The van der Waals surface area contributed by atoms with E-state index in [4.69, 9.17) is 25.4 Å². The Bertz CT molecular complexity index is 866. The molecule has 11 heteroatoms. The van der Waals surface area contributed by atoms with Gasteiger partial charge in [-0.1, -0.05) is 6.42 Å². The molecule has 0 rings (SSSR count). The van der Waals surface area contributed by atoms with Crippen LogP contribution in [0.5, 0.6) is 0 Å². The first-order valence-electron chi connectivity index (χ1n) is 16.4. The SMILES string of the molecule is C#CCCCCCN(CCN(CC(=O)OC(C)(C)C)CC(=O)OC(C)(C)C)CCN(CC(=O)OC(C)(C)C)CC(=O)OC(C)(C)C. The lowest BCUT2D eigenvalue weighted by molar-refractivity contribution is -0.162. The van der Waals surface area contributed by atoms with Crippen LogP contribution in [0.3, 0.4) is 0 Å². The molecule has 0 unspecified atom stereocenters. The molecule has 0 saturated heterocycles. The summed E-state index contributed by atoms with van der Waals surface area (Å²) in [7, 11) is 0. The van der Waals surface area contributed by atoms with Crippen LogP contribution in [0.4, 0.5) is 0 Å². The minimum absolute atomic E-state index is 0.0735. The van der Waals surface area contributed by atoms with Gasteiger partial charge in [0.05, 0.1) is 26.2 Å². The van der Waals surface area contributed by atoms with Crippen molar-refractivity contribution < 1.29 is 38.1 Å². The van der Waals surface area contributed by atoms with Gasteiger partial charge in [-0.15, -0.1) is 12.3 Å². The van der Waals surface area contributed by atoms with Crippen LogP contribution in [0, 0.1) is 12.3 Å². The van der Waals surface area contributed by atoms with E-state index >= 15 is 0 Å². The molecule has 0 N–H and O–H groups in total. The fraction of sp³-hybridized carbons (Fsp3) is 0.829. The number of unbranched alkanes of at least 4 members (excludes halogenated alkanes) is 3. The predicted octanol–water partition coefficient (Wildman–Crippen LogP) is 4.45. The number of hydrogen-bond acceptors (Lipinski definition) is 11. The van der Waals surface area contributed by atoms with Gasteiger partial charge in [-0.3, -0.25) is 29.0 Å². The van der Waals surface area contributed by atoms with Gasteiger partial charge in [0.15, 0.2) is 0 Å². The van der Waals surface area contributed by atoms with Crippen molar-refractivity contribution >= 4 is 23.9 Å². The topological polar surface area (TPSA) is 115 Å². The Balaban J connectivity index is 5.85. The molecule has 0 aliphatic rings. The molecule has 0 aliphatic heterocycles. The molecule has 0 atom stereocenters. The standard InChI is InChI=1S/C35H63N3O8/c1-14-15-16-17-18-19-36(20-22-37(24-28(39)43-32(2,3)4)25-29(40)44-33(5,6)7)21-23-38(26-30(41)45-34(8,9)10)27-31(42)46-35(11,12)13/h1H,15-27H2,2-13H3. The largest absolute Gasteiger partial charge is 0.459 e. The third kappa shape index (κ3) is 26.5. The average Bonchev–Trinajstić information content (AvgIpc) is 2.79. The lowest BCUT2D eigenvalue weighted by Crippen LogP contribution is -2.46. The minimum atomic E-state index is -0.662. The van der Waals surface area contributed by atoms with Crippen molar-refractivity contribution in [2.45, 2.75) is 131 Å². The molecule has 0 bridgehead atoms. The van der Waals surface area contributed by atoms with Gasteiger partial charge in [0, 0.05) is 32.6 Å². The second-order valence-corrected chi connectivity index (χ2v) is 15.6. The van der Waals surface area contributed by atoms with E-state index in [1.54, 1.807) is 92.9 Å². The van der Waals surface area contributed by atoms with Gasteiger partial charge in [-0.25, -0.2) is 0 Å². The number of hydrogen-bond donors (Lipinski definition) is 0. The summed E-state index contributed by atoms with van der Waals surface area (Å²) in [4.78, 5) is 56.6. The molecule has 0 aromatic rings. The zero-order chi connectivity index (χ0) is 35.8. The van der Waals surface area contributed by atoms with Crippen LogP contribution >= 0.6 is 0 Å². The van der Waals surface area contributed by atoms with Gasteiger partial charge in [-0.05, 0) is 102 Å². The number of carbonyl (C=O) groups excluding carboxylic acids is 4. The summed E-state index contributed by atoms with van der Waals surface area (Å²) < 4.78 is 22.1. The number of nitrogens with zero attached hydrogens (tertiary/aromatic N) is 3. The predicted molar refractivity (Wildman–Crippen MR) is 180 cm³/mol. The van der Waals surface area contributed by atoms with E-state index in [1.807, 2.05) is 0 Å². The number of esters is 4. The van der Waals surface area contributed by atoms with Crippen molar-refractivity contribution in [3.05, 3.63) is 0 Å². The molecule has 0 radical (unpaired) electrons. The molecule has 11 nitrogen and oxygen atoms in total. The van der Waals surface area contributed by atoms with Gasteiger partial charge >= 0.3 is 23.9 Å². The van der Waals surface area contributed by atoms with E-state index < -0.39 is 46.3 Å². The maximum absolute atomic E-state index is 12.7. The highest BCUT2D eigenvalue weighted by atomic mass is 16.6. The van der Waals surface area contributed by atoms with E-state index in [-0.39, 0.29) is 26.2 Å². The van der Waals surface area contributed by atoms with Gasteiger partial charge in [0.25, 0.3) is 0 Å². The molecule has 0 spiro atoms. The van der Waals surface area contributed by atoms with Crippen molar-refractivity contribution in [2.75, 3.05) is 58.9 Å². The van der Waals surface area contributed by atoms with E-state index in [0.717, 1.165) is 25.8 Å². The second kappa shape index (κ2) is 19.9.